The molecule has 4 aromatic rings. The van der Waals surface area contributed by atoms with Crippen LogP contribution in [0.2, 0.25) is 0 Å². The third-order valence-electron chi connectivity index (χ3n) is 5.82. The Morgan fingerprint density at radius 1 is 1.09 bits per heavy atom. The number of anilines is 1. The number of amides is 1. The molecule has 3 heterocycles. The maximum Gasteiger partial charge on any atom is 0.272 e. The number of aryl methyl sites for hydroxylation is 1. The lowest BCUT2D eigenvalue weighted by molar-refractivity contribution is -0.116. The van der Waals surface area contributed by atoms with Crippen molar-refractivity contribution in [2.75, 3.05) is 19.0 Å². The normalized spacial score (nSPS) is 14.9. The molecule has 172 valence electrons. The van der Waals surface area contributed by atoms with E-state index in [1.165, 1.54) is 0 Å². The zero-order chi connectivity index (χ0) is 23.7. The van der Waals surface area contributed by atoms with E-state index in [4.69, 9.17) is 9.47 Å². The number of benzene rings is 2. The molecule has 1 aliphatic heterocycles. The van der Waals surface area contributed by atoms with Gasteiger partial charge in [0.1, 0.15) is 17.3 Å². The minimum atomic E-state index is -0.133. The molecule has 0 unspecified atom stereocenters. The molecule has 9 heteroatoms. The lowest BCUT2D eigenvalue weighted by Gasteiger charge is -2.24. The summed E-state index contributed by atoms with van der Waals surface area (Å²) in [5.74, 6) is 2.18. The first-order valence-corrected chi connectivity index (χ1v) is 11.0. The van der Waals surface area contributed by atoms with Gasteiger partial charge in [-0.2, -0.15) is 14.9 Å². The molecular formula is C25H24N6O3. The van der Waals surface area contributed by atoms with Gasteiger partial charge in [0.05, 0.1) is 31.3 Å². The highest BCUT2D eigenvalue weighted by Crippen LogP contribution is 2.40. The average Bonchev–Trinajstić information content (AvgIpc) is 3.20. The Labute approximate surface area is 196 Å². The first kappa shape index (κ1) is 21.6. The molecule has 9 nitrogen and oxygen atoms in total. The molecule has 2 aromatic carbocycles. The number of fused-ring (bicyclic) bond motifs is 1. The van der Waals surface area contributed by atoms with E-state index in [1.807, 2.05) is 62.4 Å². The number of hydrogen-bond acceptors (Lipinski definition) is 7. The second kappa shape index (κ2) is 8.93. The highest BCUT2D eigenvalue weighted by molar-refractivity contribution is 5.95. The predicted octanol–water partition coefficient (Wildman–Crippen LogP) is 3.91. The van der Waals surface area contributed by atoms with Crippen molar-refractivity contribution in [2.45, 2.75) is 26.2 Å². The van der Waals surface area contributed by atoms with Crippen molar-refractivity contribution >= 4 is 11.7 Å². The number of ether oxygens (including phenoxy) is 2. The first-order chi connectivity index (χ1) is 16.6. The number of hydrogen-bond donors (Lipinski definition) is 1. The number of nitrogens with one attached hydrogen (secondary N) is 1. The molecule has 5 rings (SSSR count). The summed E-state index contributed by atoms with van der Waals surface area (Å²) < 4.78 is 12.3. The van der Waals surface area contributed by atoms with Gasteiger partial charge in [0.25, 0.3) is 5.95 Å². The Morgan fingerprint density at radius 3 is 2.53 bits per heavy atom. The van der Waals surface area contributed by atoms with Crippen LogP contribution in [-0.4, -0.2) is 44.6 Å². The zero-order valence-corrected chi connectivity index (χ0v) is 19.1. The minimum Gasteiger partial charge on any atom is -0.497 e. The number of rotatable bonds is 6. The van der Waals surface area contributed by atoms with Crippen LogP contribution in [0.1, 0.15) is 36.1 Å². The first-order valence-electron chi connectivity index (χ1n) is 11.0. The highest BCUT2D eigenvalue weighted by Gasteiger charge is 2.33. The van der Waals surface area contributed by atoms with Gasteiger partial charge >= 0.3 is 0 Å². The van der Waals surface area contributed by atoms with E-state index in [1.54, 1.807) is 18.0 Å². The van der Waals surface area contributed by atoms with E-state index >= 15 is 0 Å². The molecule has 34 heavy (non-hydrogen) atoms. The molecular weight excluding hydrogens is 432 g/mol. The number of carbonyl (C=O) groups is 1. The third-order valence-corrected chi connectivity index (χ3v) is 5.82. The van der Waals surface area contributed by atoms with Gasteiger partial charge in [-0.05, 0) is 55.8 Å². The van der Waals surface area contributed by atoms with Crippen LogP contribution in [0.25, 0.3) is 17.2 Å². The molecule has 0 saturated heterocycles. The van der Waals surface area contributed by atoms with Gasteiger partial charge in [-0.25, -0.2) is 4.98 Å². The molecule has 0 fully saturated rings. The van der Waals surface area contributed by atoms with Gasteiger partial charge in [-0.1, -0.05) is 12.1 Å². The molecule has 1 amide bonds. The SMILES string of the molecule is CCOc1ccc([C@@H]2CC(=O)Nc3c2c(C)nn3-c2nncc(-c3ccc(OC)cc3)n2)cc1. The fraction of sp³-hybridized carbons (Fsp3) is 0.240. The van der Waals surface area contributed by atoms with Crippen LogP contribution < -0.4 is 14.8 Å². The highest BCUT2D eigenvalue weighted by atomic mass is 16.5. The summed E-state index contributed by atoms with van der Waals surface area (Å²) in [5, 5.41) is 16.0. The third kappa shape index (κ3) is 3.96. The quantitative estimate of drug-likeness (QED) is 0.469. The number of methoxy groups -OCH3 is 1. The van der Waals surface area contributed by atoms with Crippen molar-refractivity contribution < 1.29 is 14.3 Å². The molecule has 2 aromatic heterocycles. The maximum atomic E-state index is 12.7. The zero-order valence-electron chi connectivity index (χ0n) is 19.1. The smallest absolute Gasteiger partial charge is 0.272 e. The summed E-state index contributed by atoms with van der Waals surface area (Å²) in [4.78, 5) is 17.3. The summed E-state index contributed by atoms with van der Waals surface area (Å²) in [5.41, 5.74) is 4.27. The van der Waals surface area contributed by atoms with Crippen molar-refractivity contribution in [3.63, 3.8) is 0 Å². The summed E-state index contributed by atoms with van der Waals surface area (Å²) in [7, 11) is 1.62. The molecule has 0 aliphatic carbocycles. The van der Waals surface area contributed by atoms with E-state index in [9.17, 15) is 4.79 Å². The topological polar surface area (TPSA) is 104 Å². The summed E-state index contributed by atoms with van der Waals surface area (Å²) >= 11 is 0. The number of nitrogens with zero attached hydrogens (tertiary/aromatic N) is 5. The van der Waals surface area contributed by atoms with Gasteiger partial charge in [0, 0.05) is 23.5 Å². The minimum absolute atomic E-state index is 0.0909. The van der Waals surface area contributed by atoms with Crippen LogP contribution in [0.4, 0.5) is 5.82 Å². The Balaban J connectivity index is 1.54. The van der Waals surface area contributed by atoms with Gasteiger partial charge < -0.3 is 14.8 Å². The molecule has 1 N–H and O–H groups in total. The summed E-state index contributed by atoms with van der Waals surface area (Å²) in [6, 6.07) is 15.4. The van der Waals surface area contributed by atoms with Crippen LogP contribution in [0.5, 0.6) is 11.5 Å². The molecule has 1 aliphatic rings. The second-order valence-electron chi connectivity index (χ2n) is 7.94. The fourth-order valence-electron chi connectivity index (χ4n) is 4.22. The van der Waals surface area contributed by atoms with Gasteiger partial charge in [-0.15, -0.1) is 5.10 Å². The second-order valence-corrected chi connectivity index (χ2v) is 7.94. The average molecular weight is 457 g/mol. The lowest BCUT2D eigenvalue weighted by atomic mass is 9.86. The standard InChI is InChI=1S/C25H24N6O3/c1-4-34-19-11-5-16(6-12-19)20-13-22(32)28-24-23(20)15(2)30-31(24)25-27-21(14-26-29-25)17-7-9-18(33-3)10-8-17/h5-12,14,20H,4,13H2,1-3H3,(H,28,32)/t20-/m0/s1. The largest absolute Gasteiger partial charge is 0.497 e. The van der Waals surface area contributed by atoms with Gasteiger partial charge in [0.2, 0.25) is 5.91 Å². The monoisotopic (exact) mass is 456 g/mol. The van der Waals surface area contributed by atoms with E-state index < -0.39 is 0 Å². The van der Waals surface area contributed by atoms with E-state index in [2.05, 4.69) is 25.6 Å². The predicted molar refractivity (Wildman–Crippen MR) is 126 cm³/mol. The fourth-order valence-corrected chi connectivity index (χ4v) is 4.22. The maximum absolute atomic E-state index is 12.7. The molecule has 0 saturated carbocycles. The molecule has 1 atom stereocenters. The van der Waals surface area contributed by atoms with Crippen molar-refractivity contribution in [2.24, 2.45) is 0 Å². The van der Waals surface area contributed by atoms with Crippen molar-refractivity contribution in [3.8, 4) is 28.7 Å². The van der Waals surface area contributed by atoms with Gasteiger partial charge in [-0.3, -0.25) is 4.79 Å². The summed E-state index contributed by atoms with van der Waals surface area (Å²) in [6.07, 6.45) is 1.92. The molecule has 0 spiro atoms. The van der Waals surface area contributed by atoms with Crippen molar-refractivity contribution in [1.29, 1.82) is 0 Å². The van der Waals surface area contributed by atoms with Crippen molar-refractivity contribution in [1.82, 2.24) is 25.0 Å². The Kier molecular flexibility index (Phi) is 5.67. The number of aromatic nitrogens is 5. The van der Waals surface area contributed by atoms with Gasteiger partial charge in [0.15, 0.2) is 0 Å². The van der Waals surface area contributed by atoms with Crippen LogP contribution >= 0.6 is 0 Å². The van der Waals surface area contributed by atoms with Crippen molar-refractivity contribution in [3.05, 3.63) is 71.5 Å². The van der Waals surface area contributed by atoms with Crippen LogP contribution in [0.3, 0.4) is 0 Å². The number of carbonyl (C=O) groups excluding carboxylic acids is 1. The van der Waals surface area contributed by atoms with Crippen LogP contribution in [0, 0.1) is 6.92 Å². The molecule has 0 radical (unpaired) electrons. The van der Waals surface area contributed by atoms with E-state index in [0.29, 0.717) is 24.5 Å². The Morgan fingerprint density at radius 2 is 1.82 bits per heavy atom. The summed E-state index contributed by atoms with van der Waals surface area (Å²) in [6.45, 7) is 4.48. The van der Waals surface area contributed by atoms with E-state index in [-0.39, 0.29) is 17.8 Å². The van der Waals surface area contributed by atoms with Crippen LogP contribution in [0.15, 0.2) is 54.7 Å². The Bertz CT molecular complexity index is 1330. The van der Waals surface area contributed by atoms with Crippen LogP contribution in [-0.2, 0) is 4.79 Å². The van der Waals surface area contributed by atoms with E-state index in [0.717, 1.165) is 33.9 Å². The Hall–Kier alpha value is -4.27. The lowest BCUT2D eigenvalue weighted by Crippen LogP contribution is -2.25. The molecule has 0 bridgehead atoms.